The Labute approximate surface area is 66.4 Å². The number of aliphatic hydroxyl groups excluding tert-OH is 1. The zero-order valence-corrected chi connectivity index (χ0v) is 5.91. The van der Waals surface area contributed by atoms with E-state index in [-0.39, 0.29) is 0 Å². The van der Waals surface area contributed by atoms with Crippen LogP contribution in [0.15, 0.2) is 12.4 Å². The number of halogens is 3. The Bertz CT molecular complexity index is 231. The van der Waals surface area contributed by atoms with E-state index < -0.39 is 18.8 Å². The minimum atomic E-state index is -4.59. The van der Waals surface area contributed by atoms with Gasteiger partial charge in [0.1, 0.15) is 0 Å². The number of aromatic nitrogens is 2. The maximum absolute atomic E-state index is 11.7. The zero-order chi connectivity index (χ0) is 9.19. The molecule has 6 heteroatoms. The molecule has 0 fully saturated rings. The summed E-state index contributed by atoms with van der Waals surface area (Å²) in [6, 6.07) is 2.46. The molecule has 1 aromatic rings. The first kappa shape index (κ1) is 9.05. The molecule has 67 valence electrons. The molecule has 0 saturated carbocycles. The molecule has 1 atom stereocenters. The van der Waals surface area contributed by atoms with Gasteiger partial charge >= 0.3 is 6.18 Å². The molecule has 0 saturated heterocycles. The van der Waals surface area contributed by atoms with Crippen LogP contribution >= 0.6 is 0 Å². The van der Waals surface area contributed by atoms with Gasteiger partial charge in [0, 0.05) is 12.3 Å². The molecule has 0 amide bonds. The Morgan fingerprint density at radius 3 is 2.67 bits per heavy atom. The molecule has 1 aromatic heterocycles. The minimum absolute atomic E-state index is 0.590. The van der Waals surface area contributed by atoms with Crippen LogP contribution in [0.5, 0.6) is 0 Å². The molecule has 12 heavy (non-hydrogen) atoms. The van der Waals surface area contributed by atoms with Crippen LogP contribution in [0, 0.1) is 6.07 Å². The van der Waals surface area contributed by atoms with E-state index in [1.807, 2.05) is 0 Å². The Morgan fingerprint density at radius 1 is 1.58 bits per heavy atom. The van der Waals surface area contributed by atoms with Gasteiger partial charge in [-0.15, -0.1) is 0 Å². The summed E-state index contributed by atoms with van der Waals surface area (Å²) in [6.45, 7) is -0.590. The molecule has 1 unspecified atom stereocenters. The van der Waals surface area contributed by atoms with E-state index in [0.717, 1.165) is 4.68 Å². The van der Waals surface area contributed by atoms with Crippen LogP contribution in [0.1, 0.15) is 0 Å². The quantitative estimate of drug-likeness (QED) is 0.722. The predicted molar refractivity (Wildman–Crippen MR) is 33.1 cm³/mol. The van der Waals surface area contributed by atoms with E-state index >= 15 is 0 Å². The second-order valence-corrected chi connectivity index (χ2v) is 2.22. The van der Waals surface area contributed by atoms with Crippen molar-refractivity contribution in [1.82, 2.24) is 9.78 Å². The van der Waals surface area contributed by atoms with Crippen LogP contribution in [0.3, 0.4) is 0 Å². The SMILES string of the molecule is OC(Cn1c[c]cn1)C(F)(F)F. The van der Waals surface area contributed by atoms with E-state index in [0.29, 0.717) is 0 Å². The van der Waals surface area contributed by atoms with Gasteiger partial charge in [0.25, 0.3) is 0 Å². The number of nitrogens with zero attached hydrogens (tertiary/aromatic N) is 2. The molecular weight excluding hydrogens is 173 g/mol. The molecule has 0 aliphatic rings. The monoisotopic (exact) mass is 179 g/mol. The van der Waals surface area contributed by atoms with E-state index in [2.05, 4.69) is 11.2 Å². The molecule has 1 radical (unpaired) electrons. The first-order valence-electron chi connectivity index (χ1n) is 3.13. The zero-order valence-electron chi connectivity index (χ0n) is 5.91. The van der Waals surface area contributed by atoms with Gasteiger partial charge in [0.15, 0.2) is 6.10 Å². The van der Waals surface area contributed by atoms with E-state index in [1.54, 1.807) is 0 Å². The number of aliphatic hydroxyl groups is 1. The normalized spacial score (nSPS) is 14.7. The van der Waals surface area contributed by atoms with Crippen molar-refractivity contribution in [2.75, 3.05) is 0 Å². The van der Waals surface area contributed by atoms with Crippen molar-refractivity contribution < 1.29 is 18.3 Å². The van der Waals surface area contributed by atoms with E-state index in [9.17, 15) is 13.2 Å². The summed E-state index contributed by atoms with van der Waals surface area (Å²) >= 11 is 0. The highest BCUT2D eigenvalue weighted by Crippen LogP contribution is 2.20. The highest BCUT2D eigenvalue weighted by atomic mass is 19.4. The second kappa shape index (κ2) is 3.14. The molecule has 0 spiro atoms. The van der Waals surface area contributed by atoms with Gasteiger partial charge in [-0.05, 0) is 0 Å². The molecule has 1 heterocycles. The second-order valence-electron chi connectivity index (χ2n) is 2.22. The molecule has 3 nitrogen and oxygen atoms in total. The Hall–Kier alpha value is -1.04. The number of rotatable bonds is 2. The lowest BCUT2D eigenvalue weighted by molar-refractivity contribution is -0.208. The molecular formula is C6H6F3N2O. The Balaban J connectivity index is 2.53. The first-order chi connectivity index (χ1) is 5.50. The van der Waals surface area contributed by atoms with Crippen molar-refractivity contribution in [3.8, 4) is 0 Å². The minimum Gasteiger partial charge on any atom is -0.382 e. The standard InChI is InChI=1S/C6H6F3N2O/c7-6(8,9)5(12)4-11-3-1-2-10-11/h2-3,5,12H,4H2. The van der Waals surface area contributed by atoms with Crippen molar-refractivity contribution in [2.45, 2.75) is 18.8 Å². The highest BCUT2D eigenvalue weighted by molar-refractivity contribution is 4.76. The number of alkyl halides is 3. The maximum Gasteiger partial charge on any atom is 0.416 e. The molecule has 0 bridgehead atoms. The van der Waals surface area contributed by atoms with E-state index in [4.69, 9.17) is 5.11 Å². The number of hydrogen-bond donors (Lipinski definition) is 1. The summed E-state index contributed by atoms with van der Waals surface area (Å²) in [7, 11) is 0. The summed E-state index contributed by atoms with van der Waals surface area (Å²) in [6.07, 6.45) is -4.50. The van der Waals surface area contributed by atoms with Gasteiger partial charge < -0.3 is 5.11 Å². The lowest BCUT2D eigenvalue weighted by atomic mass is 10.3. The van der Waals surface area contributed by atoms with Gasteiger partial charge in [-0.2, -0.15) is 18.3 Å². The van der Waals surface area contributed by atoms with Crippen LogP contribution in [-0.4, -0.2) is 27.2 Å². The fraction of sp³-hybridized carbons (Fsp3) is 0.500. The topological polar surface area (TPSA) is 38.0 Å². The summed E-state index contributed by atoms with van der Waals surface area (Å²) in [5.41, 5.74) is 0. The van der Waals surface area contributed by atoms with Crippen LogP contribution in [0.4, 0.5) is 13.2 Å². The van der Waals surface area contributed by atoms with Crippen molar-refractivity contribution >= 4 is 0 Å². The highest BCUT2D eigenvalue weighted by Gasteiger charge is 2.38. The van der Waals surface area contributed by atoms with Gasteiger partial charge in [-0.25, -0.2) is 0 Å². The average Bonchev–Trinajstić information content (AvgIpc) is 2.37. The fourth-order valence-corrected chi connectivity index (χ4v) is 0.641. The first-order valence-corrected chi connectivity index (χ1v) is 3.13. The lowest BCUT2D eigenvalue weighted by Gasteiger charge is -2.13. The van der Waals surface area contributed by atoms with Crippen LogP contribution < -0.4 is 0 Å². The molecule has 0 aromatic carbocycles. The summed E-state index contributed by atoms with van der Waals surface area (Å²) in [4.78, 5) is 0. The molecule has 0 aliphatic heterocycles. The third kappa shape index (κ3) is 2.23. The predicted octanol–water partition coefficient (Wildman–Crippen LogP) is 0.606. The van der Waals surface area contributed by atoms with E-state index in [1.165, 1.54) is 12.4 Å². The largest absolute Gasteiger partial charge is 0.416 e. The van der Waals surface area contributed by atoms with Gasteiger partial charge in [-0.3, -0.25) is 4.68 Å². The third-order valence-corrected chi connectivity index (χ3v) is 1.24. The van der Waals surface area contributed by atoms with Gasteiger partial charge in [0.05, 0.1) is 12.7 Å². The summed E-state index contributed by atoms with van der Waals surface area (Å²) in [5.74, 6) is 0. The third-order valence-electron chi connectivity index (χ3n) is 1.24. The Kier molecular flexibility index (Phi) is 2.37. The van der Waals surface area contributed by atoms with Crippen LogP contribution in [0.25, 0.3) is 0 Å². The van der Waals surface area contributed by atoms with Crippen molar-refractivity contribution in [3.05, 3.63) is 18.5 Å². The lowest BCUT2D eigenvalue weighted by Crippen LogP contribution is -2.32. The average molecular weight is 179 g/mol. The van der Waals surface area contributed by atoms with Crippen LogP contribution in [-0.2, 0) is 6.54 Å². The van der Waals surface area contributed by atoms with Gasteiger partial charge in [-0.1, -0.05) is 0 Å². The molecule has 1 rings (SSSR count). The Morgan fingerprint density at radius 2 is 2.25 bits per heavy atom. The summed E-state index contributed by atoms with van der Waals surface area (Å²) in [5, 5.41) is 12.0. The van der Waals surface area contributed by atoms with Crippen molar-refractivity contribution in [3.63, 3.8) is 0 Å². The fourth-order valence-electron chi connectivity index (χ4n) is 0.641. The molecule has 0 aliphatic carbocycles. The van der Waals surface area contributed by atoms with Crippen molar-refractivity contribution in [1.29, 1.82) is 0 Å². The maximum atomic E-state index is 11.7. The molecule has 1 N–H and O–H groups in total. The van der Waals surface area contributed by atoms with Crippen LogP contribution in [0.2, 0.25) is 0 Å². The van der Waals surface area contributed by atoms with Gasteiger partial charge in [0.2, 0.25) is 0 Å². The number of hydrogen-bond acceptors (Lipinski definition) is 2. The summed E-state index contributed by atoms with van der Waals surface area (Å²) < 4.78 is 36.2. The smallest absolute Gasteiger partial charge is 0.382 e. The van der Waals surface area contributed by atoms with Crippen molar-refractivity contribution in [2.24, 2.45) is 0 Å².